The first-order chi connectivity index (χ1) is 7.34. The Labute approximate surface area is 94.4 Å². The Hall–Kier alpha value is -1.15. The van der Waals surface area contributed by atoms with Crippen LogP contribution in [0.2, 0.25) is 0 Å². The van der Waals surface area contributed by atoms with Gasteiger partial charge in [0.15, 0.2) is 6.04 Å². The number of hydrogen-bond acceptors (Lipinski definition) is 6. The standard InChI is InChI=1S/C8H16N2O5S/c1-3-5-16(13,14)10-7(11)6(9)8(12)15-4-2/h6H,3-5,9H2,1-2H3,(H,10,11). The lowest BCUT2D eigenvalue weighted by Gasteiger charge is -2.10. The number of carbonyl (C=O) groups is 2. The molecular formula is C8H16N2O5S. The molecule has 0 radical (unpaired) electrons. The Morgan fingerprint density at radius 3 is 2.38 bits per heavy atom. The van der Waals surface area contributed by atoms with E-state index in [2.05, 4.69) is 4.74 Å². The zero-order chi connectivity index (χ0) is 12.8. The first-order valence-corrected chi connectivity index (χ1v) is 6.45. The molecule has 7 nitrogen and oxygen atoms in total. The molecule has 8 heteroatoms. The summed E-state index contributed by atoms with van der Waals surface area (Å²) in [6.07, 6.45) is 0.358. The van der Waals surface area contributed by atoms with Gasteiger partial charge in [-0.2, -0.15) is 0 Å². The minimum atomic E-state index is -3.71. The first-order valence-electron chi connectivity index (χ1n) is 4.80. The van der Waals surface area contributed by atoms with Crippen molar-refractivity contribution in [2.45, 2.75) is 26.3 Å². The molecule has 0 bridgehead atoms. The second-order valence-electron chi connectivity index (χ2n) is 3.01. The van der Waals surface area contributed by atoms with Gasteiger partial charge in [0.05, 0.1) is 12.4 Å². The molecule has 0 aromatic heterocycles. The number of amides is 1. The smallest absolute Gasteiger partial charge is 0.332 e. The summed E-state index contributed by atoms with van der Waals surface area (Å²) in [5.41, 5.74) is 5.20. The fraction of sp³-hybridized carbons (Fsp3) is 0.750. The highest BCUT2D eigenvalue weighted by Gasteiger charge is 2.26. The molecular weight excluding hydrogens is 236 g/mol. The summed E-state index contributed by atoms with van der Waals surface area (Å²) in [6, 6.07) is -1.62. The normalized spacial score (nSPS) is 12.9. The number of sulfonamides is 1. The predicted octanol–water partition coefficient (Wildman–Crippen LogP) is -1.27. The van der Waals surface area contributed by atoms with Crippen LogP contribution in [0, 0.1) is 0 Å². The number of carbonyl (C=O) groups excluding carboxylic acids is 2. The van der Waals surface area contributed by atoms with Crippen molar-refractivity contribution in [1.82, 2.24) is 4.72 Å². The lowest BCUT2D eigenvalue weighted by atomic mass is 10.3. The maximum atomic E-state index is 11.2. The molecule has 1 amide bonds. The van der Waals surface area contributed by atoms with E-state index in [9.17, 15) is 18.0 Å². The molecule has 0 aromatic rings. The summed E-state index contributed by atoms with van der Waals surface area (Å²) in [6.45, 7) is 3.27. The minimum Gasteiger partial charge on any atom is -0.464 e. The molecule has 0 aliphatic carbocycles. The molecule has 1 atom stereocenters. The van der Waals surface area contributed by atoms with Crippen LogP contribution >= 0.6 is 0 Å². The largest absolute Gasteiger partial charge is 0.464 e. The molecule has 1 unspecified atom stereocenters. The molecule has 0 aromatic carbocycles. The third-order valence-electron chi connectivity index (χ3n) is 1.55. The lowest BCUT2D eigenvalue weighted by molar-refractivity contribution is -0.147. The summed E-state index contributed by atoms with van der Waals surface area (Å²) in [5, 5.41) is 0. The summed E-state index contributed by atoms with van der Waals surface area (Å²) >= 11 is 0. The van der Waals surface area contributed by atoms with Gasteiger partial charge in [-0.25, -0.2) is 13.2 Å². The number of hydrogen-bond donors (Lipinski definition) is 2. The fourth-order valence-corrected chi connectivity index (χ4v) is 1.95. The average Bonchev–Trinajstić information content (AvgIpc) is 2.15. The van der Waals surface area contributed by atoms with Crippen LogP contribution in [0.4, 0.5) is 0 Å². The van der Waals surface area contributed by atoms with Crippen molar-refractivity contribution in [3.8, 4) is 0 Å². The van der Waals surface area contributed by atoms with Gasteiger partial charge in [0.1, 0.15) is 0 Å². The molecule has 3 N–H and O–H groups in total. The topological polar surface area (TPSA) is 116 Å². The minimum absolute atomic E-state index is 0.0710. The molecule has 0 aliphatic heterocycles. The zero-order valence-corrected chi connectivity index (χ0v) is 10.0. The van der Waals surface area contributed by atoms with Crippen molar-refractivity contribution < 1.29 is 22.7 Å². The zero-order valence-electron chi connectivity index (χ0n) is 9.23. The molecule has 0 saturated carbocycles. The number of esters is 1. The van der Waals surface area contributed by atoms with Gasteiger partial charge in [-0.15, -0.1) is 0 Å². The molecule has 0 heterocycles. The highest BCUT2D eigenvalue weighted by molar-refractivity contribution is 7.90. The quantitative estimate of drug-likeness (QED) is 0.450. The van der Waals surface area contributed by atoms with Gasteiger partial charge in [-0.3, -0.25) is 9.52 Å². The van der Waals surface area contributed by atoms with E-state index in [1.54, 1.807) is 18.6 Å². The van der Waals surface area contributed by atoms with E-state index in [1.807, 2.05) is 0 Å². The van der Waals surface area contributed by atoms with Crippen molar-refractivity contribution in [2.24, 2.45) is 5.73 Å². The molecule has 0 fully saturated rings. The molecule has 94 valence electrons. The van der Waals surface area contributed by atoms with Crippen LogP contribution < -0.4 is 10.5 Å². The van der Waals surface area contributed by atoms with E-state index < -0.39 is 27.9 Å². The van der Waals surface area contributed by atoms with E-state index in [-0.39, 0.29) is 12.4 Å². The number of rotatable bonds is 6. The second kappa shape index (κ2) is 6.44. The fourth-order valence-electron chi connectivity index (χ4n) is 0.876. The highest BCUT2D eigenvalue weighted by Crippen LogP contribution is 1.92. The molecule has 0 spiro atoms. The maximum absolute atomic E-state index is 11.2. The van der Waals surface area contributed by atoms with Crippen molar-refractivity contribution in [3.63, 3.8) is 0 Å². The van der Waals surface area contributed by atoms with Gasteiger partial charge in [-0.1, -0.05) is 6.92 Å². The van der Waals surface area contributed by atoms with Crippen molar-refractivity contribution in [3.05, 3.63) is 0 Å². The van der Waals surface area contributed by atoms with Crippen molar-refractivity contribution >= 4 is 21.9 Å². The van der Waals surface area contributed by atoms with E-state index >= 15 is 0 Å². The molecule has 16 heavy (non-hydrogen) atoms. The van der Waals surface area contributed by atoms with Gasteiger partial charge >= 0.3 is 5.97 Å². The Morgan fingerprint density at radius 2 is 1.94 bits per heavy atom. The summed E-state index contributed by atoms with van der Waals surface area (Å²) in [5.74, 6) is -2.23. The van der Waals surface area contributed by atoms with Gasteiger partial charge in [0.2, 0.25) is 10.0 Å². The summed E-state index contributed by atoms with van der Waals surface area (Å²) < 4.78 is 28.6. The SMILES string of the molecule is CCCS(=O)(=O)NC(=O)C(N)C(=O)OCC. The third kappa shape index (κ3) is 5.08. The third-order valence-corrected chi connectivity index (χ3v) is 3.01. The van der Waals surface area contributed by atoms with Crippen LogP contribution in [-0.4, -0.2) is 38.7 Å². The maximum Gasteiger partial charge on any atom is 0.332 e. The first kappa shape index (κ1) is 14.8. The van der Waals surface area contributed by atoms with Crippen LogP contribution in [0.25, 0.3) is 0 Å². The second-order valence-corrected chi connectivity index (χ2v) is 4.86. The van der Waals surface area contributed by atoms with Crippen molar-refractivity contribution in [1.29, 1.82) is 0 Å². The highest BCUT2D eigenvalue weighted by atomic mass is 32.2. The lowest BCUT2D eigenvalue weighted by Crippen LogP contribution is -2.49. The van der Waals surface area contributed by atoms with E-state index in [1.165, 1.54) is 0 Å². The van der Waals surface area contributed by atoms with Crippen LogP contribution in [-0.2, 0) is 24.3 Å². The number of ether oxygens (including phenoxy) is 1. The van der Waals surface area contributed by atoms with Gasteiger partial charge in [-0.05, 0) is 13.3 Å². The summed E-state index contributed by atoms with van der Waals surface area (Å²) in [4.78, 5) is 22.3. The Balaban J connectivity index is 4.42. The van der Waals surface area contributed by atoms with Crippen LogP contribution in [0.15, 0.2) is 0 Å². The van der Waals surface area contributed by atoms with Crippen LogP contribution in [0.1, 0.15) is 20.3 Å². The number of nitrogens with two attached hydrogens (primary N) is 1. The van der Waals surface area contributed by atoms with Crippen LogP contribution in [0.3, 0.4) is 0 Å². The Kier molecular flexibility index (Phi) is 5.97. The van der Waals surface area contributed by atoms with E-state index in [0.717, 1.165) is 0 Å². The average molecular weight is 252 g/mol. The number of nitrogens with one attached hydrogen (secondary N) is 1. The van der Waals surface area contributed by atoms with Crippen molar-refractivity contribution in [2.75, 3.05) is 12.4 Å². The van der Waals surface area contributed by atoms with Gasteiger partial charge in [0.25, 0.3) is 5.91 Å². The van der Waals surface area contributed by atoms with Gasteiger partial charge < -0.3 is 10.5 Å². The Bertz CT molecular complexity index is 351. The predicted molar refractivity (Wildman–Crippen MR) is 56.8 cm³/mol. The van der Waals surface area contributed by atoms with E-state index in [4.69, 9.17) is 5.73 Å². The molecule has 0 aliphatic rings. The monoisotopic (exact) mass is 252 g/mol. The van der Waals surface area contributed by atoms with Gasteiger partial charge in [0, 0.05) is 0 Å². The molecule has 0 rings (SSSR count). The van der Waals surface area contributed by atoms with E-state index in [0.29, 0.717) is 6.42 Å². The Morgan fingerprint density at radius 1 is 1.38 bits per heavy atom. The van der Waals surface area contributed by atoms with Crippen LogP contribution in [0.5, 0.6) is 0 Å². The summed E-state index contributed by atoms with van der Waals surface area (Å²) in [7, 11) is -3.71. The molecule has 0 saturated heterocycles.